The van der Waals surface area contributed by atoms with Gasteiger partial charge in [-0.2, -0.15) is 4.52 Å². The number of carbonyl (C=O) groups is 1. The Bertz CT molecular complexity index is 1270. The van der Waals surface area contributed by atoms with E-state index in [4.69, 9.17) is 4.42 Å². The van der Waals surface area contributed by atoms with Crippen molar-refractivity contribution in [1.29, 1.82) is 0 Å². The highest BCUT2D eigenvalue weighted by Gasteiger charge is 2.17. The van der Waals surface area contributed by atoms with Crippen LogP contribution >= 0.6 is 0 Å². The standard InChI is InChI=1S/C20H18N6O3/c27-14-11-16(29-15-6-2-1-5-13(14)15)20(28)21-12-19-23-22-17-7-8-18(24-26(17)19)25-9-3-4-10-25/h1-2,5-8,11H,3-4,9-10,12H2,(H,21,28). The fourth-order valence-electron chi connectivity index (χ4n) is 3.51. The van der Waals surface area contributed by atoms with Crippen molar-refractivity contribution >= 4 is 28.3 Å². The third-order valence-corrected chi connectivity index (χ3v) is 5.01. The first kappa shape index (κ1) is 17.4. The van der Waals surface area contributed by atoms with Gasteiger partial charge in [-0.25, -0.2) is 0 Å². The number of nitrogens with one attached hydrogen (secondary N) is 1. The first-order valence-corrected chi connectivity index (χ1v) is 9.46. The summed E-state index contributed by atoms with van der Waals surface area (Å²) in [4.78, 5) is 26.9. The molecule has 1 amide bonds. The Morgan fingerprint density at radius 1 is 1.10 bits per heavy atom. The van der Waals surface area contributed by atoms with Gasteiger partial charge in [0.15, 0.2) is 22.7 Å². The van der Waals surface area contributed by atoms with Gasteiger partial charge >= 0.3 is 0 Å². The van der Waals surface area contributed by atoms with Crippen LogP contribution < -0.4 is 15.6 Å². The Labute approximate surface area is 165 Å². The van der Waals surface area contributed by atoms with Crippen LogP contribution in [0, 0.1) is 0 Å². The highest BCUT2D eigenvalue weighted by molar-refractivity contribution is 5.93. The second-order valence-corrected chi connectivity index (χ2v) is 6.93. The van der Waals surface area contributed by atoms with Crippen molar-refractivity contribution < 1.29 is 9.21 Å². The number of rotatable bonds is 4. The second kappa shape index (κ2) is 7.01. The number of para-hydroxylation sites is 1. The molecule has 0 radical (unpaired) electrons. The van der Waals surface area contributed by atoms with Crippen LogP contribution in [0.2, 0.25) is 0 Å². The summed E-state index contributed by atoms with van der Waals surface area (Å²) in [6.07, 6.45) is 2.31. The van der Waals surface area contributed by atoms with E-state index in [1.807, 2.05) is 12.1 Å². The number of aromatic nitrogens is 4. The van der Waals surface area contributed by atoms with Crippen molar-refractivity contribution in [2.24, 2.45) is 0 Å². The predicted molar refractivity (Wildman–Crippen MR) is 106 cm³/mol. The van der Waals surface area contributed by atoms with Crippen LogP contribution in [0.4, 0.5) is 5.82 Å². The van der Waals surface area contributed by atoms with Crippen LogP contribution in [-0.4, -0.2) is 38.8 Å². The molecule has 0 unspecified atom stereocenters. The SMILES string of the molecule is O=C(NCc1nnc2ccc(N3CCCC3)nn12)c1cc(=O)c2ccccc2o1. The molecule has 1 aliphatic heterocycles. The average Bonchev–Trinajstić information content (AvgIpc) is 3.41. The van der Waals surface area contributed by atoms with Gasteiger partial charge in [0.1, 0.15) is 11.4 Å². The van der Waals surface area contributed by atoms with Crippen LogP contribution in [0.3, 0.4) is 0 Å². The van der Waals surface area contributed by atoms with Gasteiger partial charge in [-0.3, -0.25) is 9.59 Å². The highest BCUT2D eigenvalue weighted by atomic mass is 16.3. The summed E-state index contributed by atoms with van der Waals surface area (Å²) in [6, 6.07) is 11.8. The molecule has 4 aromatic rings. The molecule has 9 nitrogen and oxygen atoms in total. The van der Waals surface area contributed by atoms with Gasteiger partial charge in [-0.15, -0.1) is 15.3 Å². The van der Waals surface area contributed by atoms with E-state index in [2.05, 4.69) is 25.5 Å². The summed E-state index contributed by atoms with van der Waals surface area (Å²) in [5.74, 6) is 0.814. The molecule has 3 aromatic heterocycles. The lowest BCUT2D eigenvalue weighted by atomic mass is 10.2. The maximum absolute atomic E-state index is 12.5. The maximum atomic E-state index is 12.5. The number of benzene rings is 1. The Balaban J connectivity index is 1.38. The summed E-state index contributed by atoms with van der Waals surface area (Å²) < 4.78 is 7.20. The van der Waals surface area contributed by atoms with E-state index >= 15 is 0 Å². The molecule has 0 bridgehead atoms. The Hall–Kier alpha value is -3.75. The molecule has 29 heavy (non-hydrogen) atoms. The van der Waals surface area contributed by atoms with Gasteiger partial charge in [0, 0.05) is 19.2 Å². The zero-order chi connectivity index (χ0) is 19.8. The van der Waals surface area contributed by atoms with Crippen LogP contribution in [0.1, 0.15) is 29.2 Å². The molecular formula is C20H18N6O3. The number of amides is 1. The quantitative estimate of drug-likeness (QED) is 0.566. The van der Waals surface area contributed by atoms with Crippen LogP contribution in [0.15, 0.2) is 51.7 Å². The minimum atomic E-state index is -0.500. The van der Waals surface area contributed by atoms with Crippen molar-refractivity contribution in [2.75, 3.05) is 18.0 Å². The first-order chi connectivity index (χ1) is 14.2. The summed E-state index contributed by atoms with van der Waals surface area (Å²) in [6.45, 7) is 2.06. The number of anilines is 1. The van der Waals surface area contributed by atoms with E-state index < -0.39 is 5.91 Å². The summed E-state index contributed by atoms with van der Waals surface area (Å²) in [5.41, 5.74) is 0.714. The summed E-state index contributed by atoms with van der Waals surface area (Å²) in [5, 5.41) is 16.0. The lowest BCUT2D eigenvalue weighted by Gasteiger charge is -2.15. The largest absolute Gasteiger partial charge is 0.451 e. The molecule has 1 fully saturated rings. The normalized spacial score (nSPS) is 14.0. The minimum Gasteiger partial charge on any atom is -0.451 e. The second-order valence-electron chi connectivity index (χ2n) is 6.93. The molecule has 9 heteroatoms. The van der Waals surface area contributed by atoms with Crippen LogP contribution in [0.25, 0.3) is 16.6 Å². The van der Waals surface area contributed by atoms with Gasteiger partial charge in [-0.1, -0.05) is 12.1 Å². The molecule has 0 spiro atoms. The fraction of sp³-hybridized carbons (Fsp3) is 0.250. The number of hydrogen-bond acceptors (Lipinski definition) is 7. The first-order valence-electron chi connectivity index (χ1n) is 9.46. The van der Waals surface area contributed by atoms with E-state index in [0.29, 0.717) is 22.4 Å². The number of carbonyl (C=O) groups excluding carboxylic acids is 1. The molecule has 0 atom stereocenters. The van der Waals surface area contributed by atoms with Gasteiger partial charge in [-0.05, 0) is 37.1 Å². The van der Waals surface area contributed by atoms with Crippen LogP contribution in [-0.2, 0) is 6.54 Å². The Kier molecular flexibility index (Phi) is 4.19. The zero-order valence-corrected chi connectivity index (χ0v) is 15.5. The fourth-order valence-corrected chi connectivity index (χ4v) is 3.51. The molecule has 0 aliphatic carbocycles. The Morgan fingerprint density at radius 2 is 1.93 bits per heavy atom. The van der Waals surface area contributed by atoms with E-state index in [9.17, 15) is 9.59 Å². The monoisotopic (exact) mass is 390 g/mol. The molecular weight excluding hydrogens is 372 g/mol. The molecule has 4 heterocycles. The molecule has 146 valence electrons. The Morgan fingerprint density at radius 3 is 2.79 bits per heavy atom. The number of fused-ring (bicyclic) bond motifs is 2. The molecule has 1 aromatic carbocycles. The highest BCUT2D eigenvalue weighted by Crippen LogP contribution is 2.18. The van der Waals surface area contributed by atoms with E-state index in [-0.39, 0.29) is 17.7 Å². The van der Waals surface area contributed by atoms with Gasteiger partial charge in [0.25, 0.3) is 5.91 Å². The average molecular weight is 390 g/mol. The minimum absolute atomic E-state index is 0.0479. The van der Waals surface area contributed by atoms with E-state index in [1.54, 1.807) is 28.8 Å². The van der Waals surface area contributed by atoms with Gasteiger partial charge in [0.2, 0.25) is 0 Å². The zero-order valence-electron chi connectivity index (χ0n) is 15.5. The van der Waals surface area contributed by atoms with Crippen molar-refractivity contribution in [1.82, 2.24) is 25.1 Å². The number of nitrogens with zero attached hydrogens (tertiary/aromatic N) is 5. The summed E-state index contributed by atoms with van der Waals surface area (Å²) in [7, 11) is 0. The van der Waals surface area contributed by atoms with Crippen LogP contribution in [0.5, 0.6) is 0 Å². The lowest BCUT2D eigenvalue weighted by Crippen LogP contribution is -2.25. The molecule has 1 N–H and O–H groups in total. The maximum Gasteiger partial charge on any atom is 0.287 e. The third kappa shape index (κ3) is 3.20. The van der Waals surface area contributed by atoms with Crippen molar-refractivity contribution in [3.05, 3.63) is 64.3 Å². The molecule has 0 saturated carbocycles. The predicted octanol–water partition coefficient (Wildman–Crippen LogP) is 1.76. The van der Waals surface area contributed by atoms with E-state index in [1.165, 1.54) is 6.07 Å². The van der Waals surface area contributed by atoms with Gasteiger partial charge in [0.05, 0.1) is 11.9 Å². The third-order valence-electron chi connectivity index (χ3n) is 5.01. The topological polar surface area (TPSA) is 106 Å². The number of hydrogen-bond donors (Lipinski definition) is 1. The van der Waals surface area contributed by atoms with Crippen molar-refractivity contribution in [2.45, 2.75) is 19.4 Å². The molecule has 5 rings (SSSR count). The smallest absolute Gasteiger partial charge is 0.287 e. The molecule has 1 saturated heterocycles. The summed E-state index contributed by atoms with van der Waals surface area (Å²) >= 11 is 0. The van der Waals surface area contributed by atoms with Gasteiger partial charge < -0.3 is 14.6 Å². The lowest BCUT2D eigenvalue weighted by molar-refractivity contribution is 0.0922. The van der Waals surface area contributed by atoms with Crippen molar-refractivity contribution in [3.63, 3.8) is 0 Å². The van der Waals surface area contributed by atoms with E-state index in [0.717, 1.165) is 31.7 Å². The molecule has 1 aliphatic rings. The van der Waals surface area contributed by atoms with Crippen molar-refractivity contribution in [3.8, 4) is 0 Å².